The Morgan fingerprint density at radius 3 is 2.42 bits per heavy atom. The van der Waals surface area contributed by atoms with Crippen molar-refractivity contribution in [2.75, 3.05) is 6.26 Å². The monoisotopic (exact) mass is 281 g/mol. The van der Waals surface area contributed by atoms with Gasteiger partial charge in [-0.3, -0.25) is 4.79 Å². The van der Waals surface area contributed by atoms with Gasteiger partial charge in [0.05, 0.1) is 0 Å². The van der Waals surface area contributed by atoms with Crippen LogP contribution in [-0.2, 0) is 10.5 Å². The van der Waals surface area contributed by atoms with E-state index in [1.807, 2.05) is 25.3 Å². The van der Waals surface area contributed by atoms with Crippen LogP contribution in [0.3, 0.4) is 0 Å². The molecule has 0 radical (unpaired) electrons. The van der Waals surface area contributed by atoms with Crippen LogP contribution in [0, 0.1) is 0 Å². The zero-order chi connectivity index (χ0) is 14.3. The molecule has 1 amide bonds. The first-order valence-electron chi connectivity index (χ1n) is 6.20. The van der Waals surface area contributed by atoms with Gasteiger partial charge in [0, 0.05) is 11.3 Å². The maximum Gasteiger partial charge on any atom is 0.326 e. The minimum absolute atomic E-state index is 0.337. The Morgan fingerprint density at radius 2 is 1.95 bits per heavy atom. The number of carboxylic acid groups (broad SMARTS) is 1. The molecule has 0 fully saturated rings. The Morgan fingerprint density at radius 1 is 1.32 bits per heavy atom. The first kappa shape index (κ1) is 15.6. The van der Waals surface area contributed by atoms with E-state index < -0.39 is 12.0 Å². The third kappa shape index (κ3) is 4.95. The fourth-order valence-corrected chi connectivity index (χ4v) is 2.23. The number of aliphatic carboxylic acids is 1. The molecule has 0 spiro atoms. The van der Waals surface area contributed by atoms with Crippen LogP contribution in [0.2, 0.25) is 0 Å². The molecule has 0 aromatic heterocycles. The predicted molar refractivity (Wildman–Crippen MR) is 77.5 cm³/mol. The number of carbonyl (C=O) groups is 2. The lowest BCUT2D eigenvalue weighted by molar-refractivity contribution is -0.139. The minimum atomic E-state index is -0.991. The lowest BCUT2D eigenvalue weighted by Crippen LogP contribution is -2.40. The summed E-state index contributed by atoms with van der Waals surface area (Å²) in [5.74, 6) is -0.430. The molecule has 1 rings (SSSR count). The summed E-state index contributed by atoms with van der Waals surface area (Å²) in [5, 5.41) is 11.5. The third-order valence-electron chi connectivity index (χ3n) is 2.71. The van der Waals surface area contributed by atoms with Gasteiger partial charge >= 0.3 is 5.97 Å². The van der Waals surface area contributed by atoms with E-state index in [1.54, 1.807) is 23.9 Å². The van der Waals surface area contributed by atoms with Crippen molar-refractivity contribution in [3.63, 3.8) is 0 Å². The molecule has 19 heavy (non-hydrogen) atoms. The molecule has 0 saturated heterocycles. The van der Waals surface area contributed by atoms with Gasteiger partial charge in [-0.2, -0.15) is 11.8 Å². The van der Waals surface area contributed by atoms with Crippen LogP contribution in [0.15, 0.2) is 24.3 Å². The van der Waals surface area contributed by atoms with E-state index in [-0.39, 0.29) is 5.91 Å². The van der Waals surface area contributed by atoms with Gasteiger partial charge in [-0.15, -0.1) is 0 Å². The molecule has 1 atom stereocenters. The van der Waals surface area contributed by atoms with E-state index in [4.69, 9.17) is 5.11 Å². The average molecular weight is 281 g/mol. The van der Waals surface area contributed by atoms with E-state index in [9.17, 15) is 9.59 Å². The van der Waals surface area contributed by atoms with Crippen LogP contribution in [0.4, 0.5) is 0 Å². The zero-order valence-electron chi connectivity index (χ0n) is 11.2. The van der Waals surface area contributed by atoms with Crippen molar-refractivity contribution >= 4 is 23.6 Å². The highest BCUT2D eigenvalue weighted by Crippen LogP contribution is 2.11. The molecule has 104 valence electrons. The van der Waals surface area contributed by atoms with Crippen LogP contribution < -0.4 is 5.32 Å². The third-order valence-corrected chi connectivity index (χ3v) is 3.33. The molecule has 2 N–H and O–H groups in total. The van der Waals surface area contributed by atoms with Crippen molar-refractivity contribution in [3.05, 3.63) is 35.4 Å². The number of nitrogens with one attached hydrogen (secondary N) is 1. The lowest BCUT2D eigenvalue weighted by atomic mass is 10.1. The quantitative estimate of drug-likeness (QED) is 0.806. The van der Waals surface area contributed by atoms with Crippen LogP contribution in [0.25, 0.3) is 0 Å². The maximum absolute atomic E-state index is 11.9. The number of rotatable bonds is 7. The second kappa shape index (κ2) is 7.84. The molecule has 0 aliphatic heterocycles. The van der Waals surface area contributed by atoms with E-state index in [0.29, 0.717) is 18.4 Å². The van der Waals surface area contributed by atoms with Gasteiger partial charge in [0.15, 0.2) is 0 Å². The summed E-state index contributed by atoms with van der Waals surface area (Å²) in [4.78, 5) is 22.9. The largest absolute Gasteiger partial charge is 0.480 e. The van der Waals surface area contributed by atoms with E-state index in [1.165, 1.54) is 0 Å². The van der Waals surface area contributed by atoms with Gasteiger partial charge in [-0.05, 0) is 30.4 Å². The normalized spacial score (nSPS) is 11.9. The molecule has 0 aliphatic rings. The van der Waals surface area contributed by atoms with Gasteiger partial charge in [0.25, 0.3) is 5.91 Å². The number of hydrogen-bond acceptors (Lipinski definition) is 3. The molecule has 0 heterocycles. The van der Waals surface area contributed by atoms with Gasteiger partial charge in [0.2, 0.25) is 0 Å². The molecule has 1 aromatic carbocycles. The molecule has 5 heteroatoms. The van der Waals surface area contributed by atoms with Crippen molar-refractivity contribution in [2.24, 2.45) is 0 Å². The Hall–Kier alpha value is -1.49. The smallest absolute Gasteiger partial charge is 0.326 e. The summed E-state index contributed by atoms with van der Waals surface area (Å²) in [5.41, 5.74) is 1.64. The van der Waals surface area contributed by atoms with Crippen LogP contribution in [0.5, 0.6) is 0 Å². The van der Waals surface area contributed by atoms with Crippen LogP contribution >= 0.6 is 11.8 Å². The van der Waals surface area contributed by atoms with Gasteiger partial charge in [-0.25, -0.2) is 4.79 Å². The fourth-order valence-electron chi connectivity index (χ4n) is 1.71. The Bertz CT molecular complexity index is 431. The Kier molecular flexibility index (Phi) is 6.42. The predicted octanol–water partition coefficient (Wildman–Crippen LogP) is 2.53. The van der Waals surface area contributed by atoms with Gasteiger partial charge in [-0.1, -0.05) is 25.5 Å². The summed E-state index contributed by atoms with van der Waals surface area (Å²) >= 11 is 1.71. The molecular weight excluding hydrogens is 262 g/mol. The molecule has 1 unspecified atom stereocenters. The van der Waals surface area contributed by atoms with Crippen molar-refractivity contribution < 1.29 is 14.7 Å². The number of hydrogen-bond donors (Lipinski definition) is 2. The Balaban J connectivity index is 2.68. The van der Waals surface area contributed by atoms with E-state index >= 15 is 0 Å². The summed E-state index contributed by atoms with van der Waals surface area (Å²) < 4.78 is 0. The van der Waals surface area contributed by atoms with Gasteiger partial charge < -0.3 is 10.4 Å². The summed E-state index contributed by atoms with van der Waals surface area (Å²) in [7, 11) is 0. The first-order chi connectivity index (χ1) is 9.08. The molecule has 4 nitrogen and oxygen atoms in total. The number of amides is 1. The summed E-state index contributed by atoms with van der Waals surface area (Å²) in [6.45, 7) is 1.89. The highest BCUT2D eigenvalue weighted by Gasteiger charge is 2.19. The second-order valence-corrected chi connectivity index (χ2v) is 5.15. The maximum atomic E-state index is 11.9. The van der Waals surface area contributed by atoms with Crippen molar-refractivity contribution in [1.29, 1.82) is 0 Å². The number of thioether (sulfide) groups is 1. The summed E-state index contributed by atoms with van der Waals surface area (Å²) in [6.07, 6.45) is 3.17. The van der Waals surface area contributed by atoms with E-state index in [2.05, 4.69) is 5.32 Å². The summed E-state index contributed by atoms with van der Waals surface area (Å²) in [6, 6.07) is 6.42. The fraction of sp³-hybridized carbons (Fsp3) is 0.429. The first-order valence-corrected chi connectivity index (χ1v) is 7.59. The number of benzene rings is 1. The molecule has 1 aromatic rings. The molecular formula is C14H19NO3S. The molecule has 0 bridgehead atoms. The highest BCUT2D eigenvalue weighted by molar-refractivity contribution is 7.97. The lowest BCUT2D eigenvalue weighted by Gasteiger charge is -2.13. The Labute approximate surface area is 117 Å². The van der Waals surface area contributed by atoms with Crippen LogP contribution in [-0.4, -0.2) is 29.3 Å². The molecule has 0 aliphatic carbocycles. The number of carboxylic acids is 1. The minimum Gasteiger partial charge on any atom is -0.480 e. The van der Waals surface area contributed by atoms with Crippen molar-refractivity contribution in [2.45, 2.75) is 31.6 Å². The van der Waals surface area contributed by atoms with Gasteiger partial charge in [0.1, 0.15) is 6.04 Å². The van der Waals surface area contributed by atoms with Crippen LogP contribution in [0.1, 0.15) is 35.7 Å². The van der Waals surface area contributed by atoms with E-state index in [0.717, 1.165) is 11.3 Å². The number of carbonyl (C=O) groups excluding carboxylic acids is 1. The second-order valence-electron chi connectivity index (χ2n) is 4.28. The van der Waals surface area contributed by atoms with Crippen molar-refractivity contribution in [3.8, 4) is 0 Å². The van der Waals surface area contributed by atoms with Crippen molar-refractivity contribution in [1.82, 2.24) is 5.32 Å². The standard InChI is InChI=1S/C14H19NO3S/c1-3-4-12(14(17)18)15-13(16)11-7-5-10(6-8-11)9-19-2/h5-8,12H,3-4,9H2,1-2H3,(H,15,16)(H,17,18). The highest BCUT2D eigenvalue weighted by atomic mass is 32.2. The average Bonchev–Trinajstić information content (AvgIpc) is 2.39. The molecule has 0 saturated carbocycles. The topological polar surface area (TPSA) is 66.4 Å². The zero-order valence-corrected chi connectivity index (χ0v) is 12.0. The SMILES string of the molecule is CCCC(NC(=O)c1ccc(CSC)cc1)C(=O)O.